The zero-order valence-corrected chi connectivity index (χ0v) is 16.1. The van der Waals surface area contributed by atoms with E-state index in [0.29, 0.717) is 23.7 Å². The van der Waals surface area contributed by atoms with Crippen LogP contribution in [-0.4, -0.2) is 26.8 Å². The van der Waals surface area contributed by atoms with Crippen molar-refractivity contribution in [3.63, 3.8) is 0 Å². The Balaban J connectivity index is 2.11. The Morgan fingerprint density at radius 2 is 1.36 bits per heavy atom. The van der Waals surface area contributed by atoms with Crippen LogP contribution in [0.1, 0.15) is 81.5 Å². The van der Waals surface area contributed by atoms with E-state index in [-0.39, 0.29) is 5.97 Å². The van der Waals surface area contributed by atoms with Crippen LogP contribution in [0.3, 0.4) is 0 Å². The summed E-state index contributed by atoms with van der Waals surface area (Å²) >= 11 is 0. The second kappa shape index (κ2) is 13.6. The third-order valence-electron chi connectivity index (χ3n) is 4.35. The minimum Gasteiger partial charge on any atom is -0.493 e. The van der Waals surface area contributed by atoms with Crippen LogP contribution in [0.25, 0.3) is 0 Å². The molecule has 4 heteroatoms. The molecule has 0 saturated carbocycles. The summed E-state index contributed by atoms with van der Waals surface area (Å²) < 4.78 is 15.7. The van der Waals surface area contributed by atoms with E-state index in [1.54, 1.807) is 32.4 Å². The quantitative estimate of drug-likeness (QED) is 0.315. The normalized spacial score (nSPS) is 10.5. The summed E-state index contributed by atoms with van der Waals surface area (Å²) in [4.78, 5) is 12.1. The van der Waals surface area contributed by atoms with Gasteiger partial charge in [-0.25, -0.2) is 4.79 Å². The molecule has 4 nitrogen and oxygen atoms in total. The van der Waals surface area contributed by atoms with E-state index in [0.717, 1.165) is 12.8 Å². The number of carbonyl (C=O) groups excluding carboxylic acids is 1. The molecule has 0 aliphatic heterocycles. The molecular weight excluding hydrogens is 316 g/mol. The Labute approximate surface area is 152 Å². The lowest BCUT2D eigenvalue weighted by Gasteiger charge is -2.09. The molecule has 0 aliphatic carbocycles. The summed E-state index contributed by atoms with van der Waals surface area (Å²) in [5, 5.41) is 0. The number of carbonyl (C=O) groups is 1. The first-order valence-electron chi connectivity index (χ1n) is 9.62. The van der Waals surface area contributed by atoms with Gasteiger partial charge >= 0.3 is 5.97 Å². The number of ether oxygens (including phenoxy) is 3. The second-order valence-electron chi connectivity index (χ2n) is 6.39. The van der Waals surface area contributed by atoms with Gasteiger partial charge in [-0.1, -0.05) is 64.7 Å². The van der Waals surface area contributed by atoms with E-state index in [1.807, 2.05) is 0 Å². The number of hydrogen-bond donors (Lipinski definition) is 0. The zero-order valence-electron chi connectivity index (χ0n) is 16.1. The predicted molar refractivity (Wildman–Crippen MR) is 102 cm³/mol. The highest BCUT2D eigenvalue weighted by Crippen LogP contribution is 2.27. The maximum absolute atomic E-state index is 12.1. The highest BCUT2D eigenvalue weighted by molar-refractivity contribution is 5.90. The van der Waals surface area contributed by atoms with Crippen LogP contribution in [0.5, 0.6) is 11.5 Å². The smallest absolute Gasteiger partial charge is 0.338 e. The first-order valence-corrected chi connectivity index (χ1v) is 9.62. The molecule has 0 radical (unpaired) electrons. The molecule has 142 valence electrons. The number of rotatable bonds is 14. The van der Waals surface area contributed by atoms with Gasteiger partial charge in [0.25, 0.3) is 0 Å². The Hall–Kier alpha value is -1.71. The van der Waals surface area contributed by atoms with Gasteiger partial charge in [-0.2, -0.15) is 0 Å². The molecule has 1 aromatic rings. The van der Waals surface area contributed by atoms with Crippen LogP contribution in [0.15, 0.2) is 18.2 Å². The minimum atomic E-state index is -0.308. The van der Waals surface area contributed by atoms with Crippen molar-refractivity contribution >= 4 is 5.97 Å². The number of benzene rings is 1. The summed E-state index contributed by atoms with van der Waals surface area (Å²) in [6.45, 7) is 2.72. The number of unbranched alkanes of at least 4 members (excludes halogenated alkanes) is 9. The van der Waals surface area contributed by atoms with Crippen LogP contribution in [-0.2, 0) is 4.74 Å². The molecule has 0 heterocycles. The van der Waals surface area contributed by atoms with Crippen LogP contribution in [0.2, 0.25) is 0 Å². The van der Waals surface area contributed by atoms with Crippen LogP contribution in [0, 0.1) is 0 Å². The first-order chi connectivity index (χ1) is 12.2. The average Bonchev–Trinajstić information content (AvgIpc) is 2.65. The molecule has 0 aliphatic rings. The topological polar surface area (TPSA) is 44.8 Å². The number of methoxy groups -OCH3 is 2. The SMILES string of the molecule is CCCCCCCCCCCCOC(=O)c1ccc(OC)c(OC)c1. The molecule has 1 aromatic carbocycles. The minimum absolute atomic E-state index is 0.308. The van der Waals surface area contributed by atoms with Gasteiger partial charge in [-0.15, -0.1) is 0 Å². The maximum atomic E-state index is 12.1. The van der Waals surface area contributed by atoms with E-state index in [9.17, 15) is 4.79 Å². The molecule has 0 bridgehead atoms. The van der Waals surface area contributed by atoms with E-state index in [2.05, 4.69) is 6.92 Å². The largest absolute Gasteiger partial charge is 0.493 e. The molecule has 0 unspecified atom stereocenters. The van der Waals surface area contributed by atoms with Crippen molar-refractivity contribution in [3.05, 3.63) is 23.8 Å². The van der Waals surface area contributed by atoms with Crippen LogP contribution >= 0.6 is 0 Å². The second-order valence-corrected chi connectivity index (χ2v) is 6.39. The molecule has 0 atom stereocenters. The average molecular weight is 350 g/mol. The Bertz CT molecular complexity index is 485. The van der Waals surface area contributed by atoms with Gasteiger partial charge < -0.3 is 14.2 Å². The summed E-state index contributed by atoms with van der Waals surface area (Å²) in [5.41, 5.74) is 0.490. The monoisotopic (exact) mass is 350 g/mol. The van der Waals surface area contributed by atoms with Gasteiger partial charge in [-0.05, 0) is 24.6 Å². The molecule has 0 spiro atoms. The van der Waals surface area contributed by atoms with E-state index in [1.165, 1.54) is 51.4 Å². The van der Waals surface area contributed by atoms with Crippen molar-refractivity contribution in [1.29, 1.82) is 0 Å². The Kier molecular flexibility index (Phi) is 11.6. The highest BCUT2D eigenvalue weighted by atomic mass is 16.5. The van der Waals surface area contributed by atoms with Crippen molar-refractivity contribution in [1.82, 2.24) is 0 Å². The standard InChI is InChI=1S/C21H34O4/c1-4-5-6-7-8-9-10-11-12-13-16-25-21(22)18-14-15-19(23-2)20(17-18)24-3/h14-15,17H,4-13,16H2,1-3H3. The summed E-state index contributed by atoms with van der Waals surface area (Å²) in [6, 6.07) is 5.07. The van der Waals surface area contributed by atoms with Crippen molar-refractivity contribution in [2.75, 3.05) is 20.8 Å². The van der Waals surface area contributed by atoms with E-state index < -0.39 is 0 Å². The van der Waals surface area contributed by atoms with Crippen LogP contribution in [0.4, 0.5) is 0 Å². The zero-order chi connectivity index (χ0) is 18.3. The van der Waals surface area contributed by atoms with Crippen molar-refractivity contribution in [3.8, 4) is 11.5 Å². The summed E-state index contributed by atoms with van der Waals surface area (Å²) in [6.07, 6.45) is 12.7. The van der Waals surface area contributed by atoms with Gasteiger partial charge in [0.05, 0.1) is 26.4 Å². The number of hydrogen-bond acceptors (Lipinski definition) is 4. The lowest BCUT2D eigenvalue weighted by Crippen LogP contribution is -2.07. The molecular formula is C21H34O4. The summed E-state index contributed by atoms with van der Waals surface area (Å²) in [5.74, 6) is 0.835. The molecule has 0 N–H and O–H groups in total. The van der Waals surface area contributed by atoms with Gasteiger partial charge in [0.15, 0.2) is 11.5 Å². The van der Waals surface area contributed by atoms with Gasteiger partial charge in [0, 0.05) is 0 Å². The molecule has 0 amide bonds. The number of esters is 1. The maximum Gasteiger partial charge on any atom is 0.338 e. The predicted octanol–water partition coefficient (Wildman–Crippen LogP) is 5.78. The fourth-order valence-corrected chi connectivity index (χ4v) is 2.80. The van der Waals surface area contributed by atoms with Gasteiger partial charge in [0.2, 0.25) is 0 Å². The van der Waals surface area contributed by atoms with Gasteiger partial charge in [0.1, 0.15) is 0 Å². The molecule has 25 heavy (non-hydrogen) atoms. The van der Waals surface area contributed by atoms with Crippen molar-refractivity contribution in [2.45, 2.75) is 71.1 Å². The molecule has 0 saturated heterocycles. The fraction of sp³-hybridized carbons (Fsp3) is 0.667. The van der Waals surface area contributed by atoms with Crippen molar-refractivity contribution < 1.29 is 19.0 Å². The van der Waals surface area contributed by atoms with Crippen molar-refractivity contribution in [2.24, 2.45) is 0 Å². The van der Waals surface area contributed by atoms with E-state index in [4.69, 9.17) is 14.2 Å². The van der Waals surface area contributed by atoms with E-state index >= 15 is 0 Å². The van der Waals surface area contributed by atoms with Gasteiger partial charge in [-0.3, -0.25) is 0 Å². The lowest BCUT2D eigenvalue weighted by atomic mass is 10.1. The Morgan fingerprint density at radius 3 is 1.92 bits per heavy atom. The molecule has 1 rings (SSSR count). The molecule has 0 fully saturated rings. The third kappa shape index (κ3) is 8.80. The summed E-state index contributed by atoms with van der Waals surface area (Å²) in [7, 11) is 3.12. The Morgan fingerprint density at radius 1 is 0.800 bits per heavy atom. The first kappa shape index (κ1) is 21.3. The van der Waals surface area contributed by atoms with Crippen LogP contribution < -0.4 is 9.47 Å². The highest BCUT2D eigenvalue weighted by Gasteiger charge is 2.11. The fourth-order valence-electron chi connectivity index (χ4n) is 2.80. The molecule has 0 aromatic heterocycles. The third-order valence-corrected chi connectivity index (χ3v) is 4.35. The lowest BCUT2D eigenvalue weighted by molar-refractivity contribution is 0.0497.